The number of rotatable bonds is 6. The number of hydrogen-bond donors (Lipinski definition) is 2. The summed E-state index contributed by atoms with van der Waals surface area (Å²) in [5.74, 6) is 13.2. The lowest BCUT2D eigenvalue weighted by Crippen LogP contribution is -2.65. The zero-order valence-corrected chi connectivity index (χ0v) is 30.9. The average Bonchev–Trinajstić information content (AvgIpc) is 3.23. The van der Waals surface area contributed by atoms with Crippen LogP contribution < -0.4 is 0 Å². The largest absolute Gasteiger partial charge is 0.478 e. The van der Waals surface area contributed by atoms with Gasteiger partial charge in [-0.05, 0) is 150 Å². The second kappa shape index (κ2) is 14.2. The maximum atomic E-state index is 12.1. The van der Waals surface area contributed by atoms with Crippen LogP contribution in [0, 0.1) is 41.4 Å². The van der Waals surface area contributed by atoms with Crippen molar-refractivity contribution in [2.75, 3.05) is 0 Å². The summed E-state index contributed by atoms with van der Waals surface area (Å²) in [6.45, 7) is 0. The first-order chi connectivity index (χ1) is 27.3. The summed E-state index contributed by atoms with van der Waals surface area (Å²) in [7, 11) is 0. The molecule has 3 unspecified atom stereocenters. The van der Waals surface area contributed by atoms with Gasteiger partial charge in [0.2, 0.25) is 0 Å². The molecule has 4 bridgehead atoms. The average molecular weight is 729 g/mol. The Kier molecular flexibility index (Phi) is 8.92. The van der Waals surface area contributed by atoms with E-state index >= 15 is 0 Å². The van der Waals surface area contributed by atoms with Crippen molar-refractivity contribution in [2.24, 2.45) is 17.8 Å². The highest BCUT2D eigenvalue weighted by Crippen LogP contribution is 2.71. The molecule has 4 aliphatic rings. The molecule has 0 aliphatic heterocycles. The van der Waals surface area contributed by atoms with Gasteiger partial charge >= 0.3 is 11.9 Å². The molecular weight excluding hydrogens is 689 g/mol. The minimum Gasteiger partial charge on any atom is -0.478 e. The second-order valence-corrected chi connectivity index (χ2v) is 15.8. The molecule has 0 amide bonds. The van der Waals surface area contributed by atoms with Crippen molar-refractivity contribution in [1.29, 1.82) is 0 Å². The lowest BCUT2D eigenvalue weighted by Gasteiger charge is -2.68. The van der Waals surface area contributed by atoms with Gasteiger partial charge in [-0.2, -0.15) is 0 Å². The summed E-state index contributed by atoms with van der Waals surface area (Å²) in [6, 6.07) is 50.4. The first-order valence-electron chi connectivity index (χ1n) is 19.4. The Morgan fingerprint density at radius 2 is 0.982 bits per heavy atom. The molecule has 0 aromatic heterocycles. The van der Waals surface area contributed by atoms with Gasteiger partial charge in [-0.15, -0.1) is 0 Å². The summed E-state index contributed by atoms with van der Waals surface area (Å²) in [5, 5.41) is 19.6. The van der Waals surface area contributed by atoms with Crippen LogP contribution in [0.25, 0.3) is 11.1 Å². The number of carbonyl (C=O) groups is 2. The number of carboxylic acids is 2. The van der Waals surface area contributed by atoms with E-state index in [-0.39, 0.29) is 11.0 Å². The summed E-state index contributed by atoms with van der Waals surface area (Å²) in [5.41, 5.74) is 8.98. The van der Waals surface area contributed by atoms with Gasteiger partial charge in [0.25, 0.3) is 0 Å². The Hall–Kier alpha value is -6.62. The van der Waals surface area contributed by atoms with Gasteiger partial charge in [-0.3, -0.25) is 0 Å². The topological polar surface area (TPSA) is 74.6 Å². The smallest absolute Gasteiger partial charge is 0.335 e. The molecular formula is C52H40O4. The predicted octanol–water partition coefficient (Wildman–Crippen LogP) is 10.6. The number of benzene rings is 6. The van der Waals surface area contributed by atoms with E-state index in [9.17, 15) is 19.8 Å². The maximum absolute atomic E-state index is 12.1. The quantitative estimate of drug-likeness (QED) is 0.168. The fraction of sp³-hybridized carbons (Fsp3) is 0.192. The molecule has 56 heavy (non-hydrogen) atoms. The Balaban J connectivity index is 1.28. The first kappa shape index (κ1) is 35.1. The molecule has 0 spiro atoms. The lowest BCUT2D eigenvalue weighted by atomic mass is 9.34. The summed E-state index contributed by atoms with van der Waals surface area (Å²) < 4.78 is 0. The molecule has 6 aromatic rings. The van der Waals surface area contributed by atoms with Gasteiger partial charge in [0.05, 0.1) is 11.1 Å². The van der Waals surface area contributed by atoms with Crippen molar-refractivity contribution in [3.05, 3.63) is 202 Å². The third-order valence-electron chi connectivity index (χ3n) is 12.7. The van der Waals surface area contributed by atoms with Crippen LogP contribution in [-0.4, -0.2) is 22.2 Å². The summed E-state index contributed by atoms with van der Waals surface area (Å²) >= 11 is 0. The van der Waals surface area contributed by atoms with E-state index in [1.165, 1.54) is 23.1 Å². The number of hydrogen-bond acceptors (Lipinski definition) is 2. The molecule has 2 N–H and O–H groups in total. The van der Waals surface area contributed by atoms with E-state index in [0.717, 1.165) is 59.1 Å². The van der Waals surface area contributed by atoms with E-state index in [2.05, 4.69) is 78.3 Å². The molecule has 4 heteroatoms. The molecule has 4 saturated carbocycles. The number of carboxylic acid groups (broad SMARTS) is 2. The van der Waals surface area contributed by atoms with Crippen molar-refractivity contribution >= 4 is 11.9 Å². The normalized spacial score (nSPS) is 23.0. The third-order valence-corrected chi connectivity index (χ3v) is 12.7. The summed E-state index contributed by atoms with van der Waals surface area (Å²) in [4.78, 5) is 23.9. The van der Waals surface area contributed by atoms with E-state index < -0.39 is 17.4 Å². The lowest BCUT2D eigenvalue weighted by molar-refractivity contribution is -0.0671. The van der Waals surface area contributed by atoms with Crippen LogP contribution in [0.4, 0.5) is 0 Å². The zero-order chi connectivity index (χ0) is 38.3. The SMILES string of the molecule is O=C(O)c1ccc(-c2cc(C3(c4ccc(C#Cc5ccccc5)cc4)C4CC5CC(C4)CC3(c3ccc(C(=O)O)cc3)C5)ccc2C#Cc2ccccc2)cc1. The Labute approximate surface area is 327 Å². The monoisotopic (exact) mass is 728 g/mol. The van der Waals surface area contributed by atoms with E-state index in [4.69, 9.17) is 0 Å². The highest BCUT2D eigenvalue weighted by molar-refractivity contribution is 5.89. The minimum atomic E-state index is -0.963. The van der Waals surface area contributed by atoms with Crippen LogP contribution in [0.2, 0.25) is 0 Å². The molecule has 4 fully saturated rings. The molecule has 10 rings (SSSR count). The van der Waals surface area contributed by atoms with Crippen molar-refractivity contribution in [2.45, 2.75) is 42.9 Å². The fourth-order valence-electron chi connectivity index (χ4n) is 10.7. The molecule has 0 heterocycles. The van der Waals surface area contributed by atoms with Gasteiger partial charge in [0.15, 0.2) is 0 Å². The predicted molar refractivity (Wildman–Crippen MR) is 220 cm³/mol. The van der Waals surface area contributed by atoms with Gasteiger partial charge in [0.1, 0.15) is 0 Å². The molecule has 0 saturated heterocycles. The molecule has 3 atom stereocenters. The highest BCUT2D eigenvalue weighted by Gasteiger charge is 2.67. The van der Waals surface area contributed by atoms with E-state index in [1.54, 1.807) is 24.3 Å². The van der Waals surface area contributed by atoms with Crippen molar-refractivity contribution in [3.8, 4) is 34.8 Å². The fourth-order valence-corrected chi connectivity index (χ4v) is 10.7. The standard InChI is InChI=1S/C52H40O4/c53-49(54)42-19-17-41(18-20-42)48-32-46(28-21-40(48)16-13-36-9-5-2-6-10-36)52(45-24-14-37(15-25-45)12-11-35-7-3-1-4-8-35)47-30-38-29-39(31-47)34-51(52,33-38)44-26-22-43(23-27-44)50(55)56/h1-10,14-15,17-28,32,38-39,47H,29-31,33-34H2,(H,53,54)(H,55,56). The number of aromatic carboxylic acids is 2. The van der Waals surface area contributed by atoms with Gasteiger partial charge in [0, 0.05) is 33.1 Å². The second-order valence-electron chi connectivity index (χ2n) is 15.8. The van der Waals surface area contributed by atoms with Crippen molar-refractivity contribution < 1.29 is 19.8 Å². The Morgan fingerprint density at radius 1 is 0.500 bits per heavy atom. The van der Waals surface area contributed by atoms with E-state index in [1.807, 2.05) is 72.8 Å². The molecule has 0 radical (unpaired) electrons. The zero-order valence-electron chi connectivity index (χ0n) is 30.9. The van der Waals surface area contributed by atoms with Crippen LogP contribution in [0.15, 0.2) is 152 Å². The Morgan fingerprint density at radius 3 is 1.54 bits per heavy atom. The highest BCUT2D eigenvalue weighted by atomic mass is 16.4. The van der Waals surface area contributed by atoms with Crippen LogP contribution in [0.5, 0.6) is 0 Å². The van der Waals surface area contributed by atoms with E-state index in [0.29, 0.717) is 23.3 Å². The summed E-state index contributed by atoms with van der Waals surface area (Å²) in [6.07, 6.45) is 5.52. The van der Waals surface area contributed by atoms with Crippen molar-refractivity contribution in [1.82, 2.24) is 0 Å². The third kappa shape index (κ3) is 6.09. The van der Waals surface area contributed by atoms with Crippen LogP contribution in [-0.2, 0) is 10.8 Å². The van der Waals surface area contributed by atoms with Gasteiger partial charge in [-0.1, -0.05) is 103 Å². The Bertz CT molecular complexity index is 2550. The van der Waals surface area contributed by atoms with Crippen molar-refractivity contribution in [3.63, 3.8) is 0 Å². The minimum absolute atomic E-state index is 0.235. The van der Waals surface area contributed by atoms with Crippen LogP contribution in [0.3, 0.4) is 0 Å². The molecule has 4 nitrogen and oxygen atoms in total. The molecule has 4 aliphatic carbocycles. The molecule has 6 aromatic carbocycles. The van der Waals surface area contributed by atoms with Gasteiger partial charge in [-0.25, -0.2) is 9.59 Å². The van der Waals surface area contributed by atoms with Crippen LogP contribution in [0.1, 0.15) is 91.8 Å². The maximum Gasteiger partial charge on any atom is 0.335 e. The van der Waals surface area contributed by atoms with Gasteiger partial charge < -0.3 is 10.2 Å². The van der Waals surface area contributed by atoms with Crippen LogP contribution >= 0.6 is 0 Å². The molecule has 272 valence electrons. The first-order valence-corrected chi connectivity index (χ1v) is 19.4.